The zero-order valence-electron chi connectivity index (χ0n) is 9.99. The van der Waals surface area contributed by atoms with Gasteiger partial charge in [-0.1, -0.05) is 24.3 Å². The third-order valence-corrected chi connectivity index (χ3v) is 3.23. The van der Waals surface area contributed by atoms with E-state index in [1.165, 1.54) is 18.2 Å². The quantitative estimate of drug-likeness (QED) is 0.709. The Morgan fingerprint density at radius 2 is 1.84 bits per heavy atom. The summed E-state index contributed by atoms with van der Waals surface area (Å²) in [6, 6.07) is 10.7. The Morgan fingerprint density at radius 3 is 2.58 bits per heavy atom. The Morgan fingerprint density at radius 1 is 1.05 bits per heavy atom. The first-order valence-electron chi connectivity index (χ1n) is 5.93. The van der Waals surface area contributed by atoms with Crippen molar-refractivity contribution in [3.05, 3.63) is 76.4 Å². The van der Waals surface area contributed by atoms with Crippen molar-refractivity contribution in [3.8, 4) is 0 Å². The van der Waals surface area contributed by atoms with E-state index in [9.17, 15) is 13.6 Å². The molecule has 0 atom stereocenters. The standard InChI is InChI=1S/C16H10F2O/c17-13-6-5-11(15(18)9-13)8-12-7-10-3-1-2-4-14(10)16(12)19/h1-6,8-9H,7H2/b12-8+. The number of benzene rings is 2. The third kappa shape index (κ3) is 2.08. The number of Topliss-reactive ketones (excluding diaryl/α,β-unsaturated/α-hetero) is 1. The van der Waals surface area contributed by atoms with Crippen LogP contribution in [0.1, 0.15) is 21.5 Å². The molecular formula is C16H10F2O. The van der Waals surface area contributed by atoms with Gasteiger partial charge in [-0.05, 0) is 23.8 Å². The van der Waals surface area contributed by atoms with Crippen LogP contribution in [-0.4, -0.2) is 5.78 Å². The largest absolute Gasteiger partial charge is 0.289 e. The van der Waals surface area contributed by atoms with Gasteiger partial charge in [0.05, 0.1) is 0 Å². The van der Waals surface area contributed by atoms with E-state index in [1.54, 1.807) is 12.1 Å². The number of hydrogen-bond donors (Lipinski definition) is 0. The molecule has 3 rings (SSSR count). The topological polar surface area (TPSA) is 17.1 Å². The van der Waals surface area contributed by atoms with E-state index in [-0.39, 0.29) is 11.3 Å². The molecule has 0 amide bonds. The molecular weight excluding hydrogens is 246 g/mol. The Balaban J connectivity index is 2.01. The molecule has 0 aliphatic heterocycles. The number of carbonyl (C=O) groups excluding carboxylic acids is 1. The zero-order chi connectivity index (χ0) is 13.4. The number of allylic oxidation sites excluding steroid dienone is 1. The molecule has 19 heavy (non-hydrogen) atoms. The van der Waals surface area contributed by atoms with Crippen LogP contribution in [0.5, 0.6) is 0 Å². The molecule has 0 saturated carbocycles. The van der Waals surface area contributed by atoms with Crippen molar-refractivity contribution in [1.82, 2.24) is 0 Å². The Bertz CT molecular complexity index is 702. The highest BCUT2D eigenvalue weighted by atomic mass is 19.1. The van der Waals surface area contributed by atoms with Gasteiger partial charge in [0.1, 0.15) is 11.6 Å². The average molecular weight is 256 g/mol. The number of hydrogen-bond acceptors (Lipinski definition) is 1. The van der Waals surface area contributed by atoms with Crippen LogP contribution in [0.3, 0.4) is 0 Å². The fourth-order valence-electron chi connectivity index (χ4n) is 2.28. The fraction of sp³-hybridized carbons (Fsp3) is 0.0625. The summed E-state index contributed by atoms with van der Waals surface area (Å²) >= 11 is 0. The highest BCUT2D eigenvalue weighted by Gasteiger charge is 2.24. The molecule has 2 aromatic carbocycles. The lowest BCUT2D eigenvalue weighted by Crippen LogP contribution is -1.96. The first-order valence-corrected chi connectivity index (χ1v) is 5.93. The first-order chi connectivity index (χ1) is 9.15. The number of ketones is 1. The van der Waals surface area contributed by atoms with E-state index in [2.05, 4.69) is 0 Å². The summed E-state index contributed by atoms with van der Waals surface area (Å²) < 4.78 is 26.4. The second-order valence-electron chi connectivity index (χ2n) is 4.50. The van der Waals surface area contributed by atoms with Gasteiger partial charge in [0, 0.05) is 29.2 Å². The van der Waals surface area contributed by atoms with Gasteiger partial charge in [0.15, 0.2) is 5.78 Å². The van der Waals surface area contributed by atoms with Crippen LogP contribution in [0.4, 0.5) is 8.78 Å². The van der Waals surface area contributed by atoms with Crippen LogP contribution in [0.2, 0.25) is 0 Å². The minimum Gasteiger partial charge on any atom is -0.289 e. The molecule has 94 valence electrons. The molecule has 0 bridgehead atoms. The maximum absolute atomic E-state index is 13.6. The first kappa shape index (κ1) is 11.8. The van der Waals surface area contributed by atoms with E-state index in [4.69, 9.17) is 0 Å². The molecule has 1 aliphatic carbocycles. The molecule has 0 heterocycles. The minimum absolute atomic E-state index is 0.0840. The van der Waals surface area contributed by atoms with E-state index < -0.39 is 11.6 Å². The van der Waals surface area contributed by atoms with Gasteiger partial charge in [-0.25, -0.2) is 8.78 Å². The molecule has 3 heteroatoms. The Hall–Kier alpha value is -2.29. The molecule has 0 N–H and O–H groups in total. The molecule has 0 fully saturated rings. The molecule has 1 nitrogen and oxygen atoms in total. The van der Waals surface area contributed by atoms with Gasteiger partial charge in [-0.3, -0.25) is 4.79 Å². The van der Waals surface area contributed by atoms with Crippen LogP contribution in [-0.2, 0) is 6.42 Å². The lowest BCUT2D eigenvalue weighted by atomic mass is 10.1. The maximum Gasteiger partial charge on any atom is 0.189 e. The predicted octanol–water partition coefficient (Wildman–Crippen LogP) is 3.79. The van der Waals surface area contributed by atoms with Crippen LogP contribution < -0.4 is 0 Å². The zero-order valence-corrected chi connectivity index (χ0v) is 9.99. The van der Waals surface area contributed by atoms with Crippen molar-refractivity contribution in [2.24, 2.45) is 0 Å². The summed E-state index contributed by atoms with van der Waals surface area (Å²) in [6.07, 6.45) is 1.99. The third-order valence-electron chi connectivity index (χ3n) is 3.23. The van der Waals surface area contributed by atoms with Gasteiger partial charge in [0.25, 0.3) is 0 Å². The summed E-state index contributed by atoms with van der Waals surface area (Å²) in [6.45, 7) is 0. The van der Waals surface area contributed by atoms with Gasteiger partial charge in [-0.15, -0.1) is 0 Å². The molecule has 0 spiro atoms. The molecule has 0 radical (unpaired) electrons. The highest BCUT2D eigenvalue weighted by Crippen LogP contribution is 2.28. The van der Waals surface area contributed by atoms with Gasteiger partial charge < -0.3 is 0 Å². The molecule has 0 aromatic heterocycles. The van der Waals surface area contributed by atoms with Crippen LogP contribution >= 0.6 is 0 Å². The molecule has 1 aliphatic rings. The minimum atomic E-state index is -0.656. The van der Waals surface area contributed by atoms with E-state index in [0.29, 0.717) is 17.6 Å². The van der Waals surface area contributed by atoms with E-state index in [1.807, 2.05) is 12.1 Å². The van der Waals surface area contributed by atoms with Crippen molar-refractivity contribution in [2.45, 2.75) is 6.42 Å². The summed E-state index contributed by atoms with van der Waals surface area (Å²) in [4.78, 5) is 12.1. The predicted molar refractivity (Wildman–Crippen MR) is 68.8 cm³/mol. The summed E-state index contributed by atoms with van der Waals surface area (Å²) in [7, 11) is 0. The Kier molecular flexibility index (Phi) is 2.75. The maximum atomic E-state index is 13.6. The van der Waals surface area contributed by atoms with Gasteiger partial charge in [-0.2, -0.15) is 0 Å². The van der Waals surface area contributed by atoms with Crippen molar-refractivity contribution in [2.75, 3.05) is 0 Å². The summed E-state index contributed by atoms with van der Waals surface area (Å²) in [5.74, 6) is -1.36. The SMILES string of the molecule is O=C1/C(=C/c2ccc(F)cc2F)Cc2ccccc21. The molecule has 2 aromatic rings. The lowest BCUT2D eigenvalue weighted by molar-refractivity contribution is 0.104. The summed E-state index contributed by atoms with van der Waals surface area (Å²) in [5, 5.41) is 0. The number of halogens is 2. The number of fused-ring (bicyclic) bond motifs is 1. The van der Waals surface area contributed by atoms with Crippen LogP contribution in [0, 0.1) is 11.6 Å². The van der Waals surface area contributed by atoms with Crippen LogP contribution in [0.25, 0.3) is 6.08 Å². The molecule has 0 unspecified atom stereocenters. The lowest BCUT2D eigenvalue weighted by Gasteiger charge is -1.99. The normalized spacial score (nSPS) is 15.9. The number of carbonyl (C=O) groups is 1. The van der Waals surface area contributed by atoms with Crippen molar-refractivity contribution >= 4 is 11.9 Å². The van der Waals surface area contributed by atoms with E-state index in [0.717, 1.165) is 11.6 Å². The second-order valence-corrected chi connectivity index (χ2v) is 4.50. The monoisotopic (exact) mass is 256 g/mol. The van der Waals surface area contributed by atoms with Gasteiger partial charge >= 0.3 is 0 Å². The average Bonchev–Trinajstić information content (AvgIpc) is 2.70. The number of rotatable bonds is 1. The Labute approximate surface area is 109 Å². The smallest absolute Gasteiger partial charge is 0.189 e. The highest BCUT2D eigenvalue weighted by molar-refractivity contribution is 6.15. The van der Waals surface area contributed by atoms with Crippen molar-refractivity contribution < 1.29 is 13.6 Å². The van der Waals surface area contributed by atoms with Crippen molar-refractivity contribution in [3.63, 3.8) is 0 Å². The van der Waals surface area contributed by atoms with E-state index >= 15 is 0 Å². The second kappa shape index (κ2) is 4.43. The van der Waals surface area contributed by atoms with Gasteiger partial charge in [0.2, 0.25) is 0 Å². The molecule has 0 saturated heterocycles. The fourth-order valence-corrected chi connectivity index (χ4v) is 2.28. The van der Waals surface area contributed by atoms with Crippen molar-refractivity contribution in [1.29, 1.82) is 0 Å². The van der Waals surface area contributed by atoms with Crippen LogP contribution in [0.15, 0.2) is 48.0 Å². The summed E-state index contributed by atoms with van der Waals surface area (Å²) in [5.41, 5.74) is 2.38.